The number of nitriles is 1. The first-order valence-electron chi connectivity index (χ1n) is 9.83. The Balaban J connectivity index is 1.39. The minimum atomic E-state index is -0.621. The van der Waals surface area contributed by atoms with Crippen LogP contribution in [0.4, 0.5) is 10.5 Å². The van der Waals surface area contributed by atoms with Crippen molar-refractivity contribution < 1.29 is 19.1 Å². The van der Waals surface area contributed by atoms with Gasteiger partial charge in [-0.25, -0.2) is 14.3 Å². The number of nitrogens with zero attached hydrogens (tertiary/aromatic N) is 5. The molecule has 0 radical (unpaired) electrons. The third kappa shape index (κ3) is 3.99. The van der Waals surface area contributed by atoms with E-state index in [-0.39, 0.29) is 17.7 Å². The van der Waals surface area contributed by atoms with E-state index in [1.54, 1.807) is 25.7 Å². The SMILES string of the molecule is CC(C)(C)OC(=O)c1cn(CC2CN(c3ccc(C4(C#N)CC4)cc3)C(=O)O2)nn1. The van der Waals surface area contributed by atoms with E-state index >= 15 is 0 Å². The fraction of sp³-hybridized carbons (Fsp3) is 0.476. The average molecular weight is 409 g/mol. The average Bonchev–Trinajstić information content (AvgIpc) is 3.20. The number of ether oxygens (including phenoxy) is 2. The first-order valence-corrected chi connectivity index (χ1v) is 9.83. The van der Waals surface area contributed by atoms with Crippen LogP contribution in [0.3, 0.4) is 0 Å². The smallest absolute Gasteiger partial charge is 0.414 e. The van der Waals surface area contributed by atoms with E-state index in [0.717, 1.165) is 18.4 Å². The fourth-order valence-corrected chi connectivity index (χ4v) is 3.40. The van der Waals surface area contributed by atoms with Gasteiger partial charge < -0.3 is 9.47 Å². The van der Waals surface area contributed by atoms with E-state index in [1.807, 2.05) is 24.3 Å². The predicted octanol–water partition coefficient (Wildman–Crippen LogP) is 2.81. The van der Waals surface area contributed by atoms with Crippen molar-refractivity contribution in [1.29, 1.82) is 5.26 Å². The number of carbonyl (C=O) groups is 2. The topological polar surface area (TPSA) is 110 Å². The molecule has 1 aliphatic heterocycles. The minimum Gasteiger partial charge on any atom is -0.455 e. The molecule has 9 heteroatoms. The summed E-state index contributed by atoms with van der Waals surface area (Å²) < 4.78 is 12.2. The summed E-state index contributed by atoms with van der Waals surface area (Å²) in [6.07, 6.45) is 2.36. The van der Waals surface area contributed by atoms with Crippen molar-refractivity contribution in [1.82, 2.24) is 15.0 Å². The summed E-state index contributed by atoms with van der Waals surface area (Å²) in [6.45, 7) is 5.95. The molecule has 2 aromatic rings. The van der Waals surface area contributed by atoms with Crippen LogP contribution in [-0.2, 0) is 21.4 Å². The lowest BCUT2D eigenvalue weighted by Crippen LogP contribution is -2.26. The van der Waals surface area contributed by atoms with E-state index in [9.17, 15) is 14.9 Å². The Labute approximate surface area is 174 Å². The number of hydrogen-bond donors (Lipinski definition) is 0. The number of benzene rings is 1. The fourth-order valence-electron chi connectivity index (χ4n) is 3.40. The van der Waals surface area contributed by atoms with Crippen LogP contribution in [-0.4, -0.2) is 45.3 Å². The van der Waals surface area contributed by atoms with Crippen LogP contribution in [0.1, 0.15) is 49.7 Å². The number of esters is 1. The minimum absolute atomic E-state index is 0.105. The third-order valence-electron chi connectivity index (χ3n) is 5.11. The second kappa shape index (κ2) is 7.13. The molecule has 0 spiro atoms. The molecule has 2 aliphatic rings. The molecule has 30 heavy (non-hydrogen) atoms. The molecule has 1 amide bonds. The van der Waals surface area contributed by atoms with Crippen molar-refractivity contribution in [2.24, 2.45) is 0 Å². The zero-order chi connectivity index (χ0) is 21.5. The van der Waals surface area contributed by atoms with Gasteiger partial charge in [-0.3, -0.25) is 4.90 Å². The monoisotopic (exact) mass is 409 g/mol. The van der Waals surface area contributed by atoms with Crippen molar-refractivity contribution in [3.8, 4) is 6.07 Å². The molecule has 1 saturated heterocycles. The standard InChI is InChI=1S/C21H23N5O4/c1-20(2,3)30-18(27)17-12-25(24-23-17)10-16-11-26(19(28)29-16)15-6-4-14(5-7-15)21(13-22)8-9-21/h4-7,12,16H,8-11H2,1-3H3. The Kier molecular flexibility index (Phi) is 4.73. The molecule has 1 unspecified atom stereocenters. The van der Waals surface area contributed by atoms with Gasteiger partial charge in [-0.2, -0.15) is 5.26 Å². The van der Waals surface area contributed by atoms with E-state index in [2.05, 4.69) is 16.4 Å². The van der Waals surface area contributed by atoms with E-state index in [4.69, 9.17) is 9.47 Å². The summed E-state index contributed by atoms with van der Waals surface area (Å²) in [7, 11) is 0. The molecule has 0 bridgehead atoms. The van der Waals surface area contributed by atoms with Crippen LogP contribution < -0.4 is 4.90 Å². The van der Waals surface area contributed by atoms with Gasteiger partial charge >= 0.3 is 12.1 Å². The van der Waals surface area contributed by atoms with Crippen molar-refractivity contribution in [3.63, 3.8) is 0 Å². The molecule has 2 heterocycles. The van der Waals surface area contributed by atoms with Gasteiger partial charge in [0, 0.05) is 5.69 Å². The molecule has 0 N–H and O–H groups in total. The van der Waals surface area contributed by atoms with Gasteiger partial charge in [0.1, 0.15) is 11.7 Å². The Morgan fingerprint density at radius 2 is 2.03 bits per heavy atom. The highest BCUT2D eigenvalue weighted by molar-refractivity contribution is 5.89. The lowest BCUT2D eigenvalue weighted by Gasteiger charge is -2.18. The number of amides is 1. The van der Waals surface area contributed by atoms with Crippen molar-refractivity contribution in [2.45, 2.75) is 57.3 Å². The van der Waals surface area contributed by atoms with Crippen LogP contribution in [0.5, 0.6) is 0 Å². The van der Waals surface area contributed by atoms with Gasteiger partial charge in [0.2, 0.25) is 0 Å². The third-order valence-corrected chi connectivity index (χ3v) is 5.11. The summed E-state index contributed by atoms with van der Waals surface area (Å²) >= 11 is 0. The molecule has 1 aromatic carbocycles. The first-order chi connectivity index (χ1) is 14.2. The highest BCUT2D eigenvalue weighted by Crippen LogP contribution is 2.47. The van der Waals surface area contributed by atoms with Crippen molar-refractivity contribution in [2.75, 3.05) is 11.4 Å². The number of carbonyl (C=O) groups excluding carboxylic acids is 2. The van der Waals surface area contributed by atoms with Crippen LogP contribution in [0.25, 0.3) is 0 Å². The number of rotatable bonds is 5. The van der Waals surface area contributed by atoms with Crippen molar-refractivity contribution >= 4 is 17.7 Å². The normalized spacial score (nSPS) is 19.9. The highest BCUT2D eigenvalue weighted by atomic mass is 16.6. The Morgan fingerprint density at radius 3 is 2.63 bits per heavy atom. The Bertz CT molecular complexity index is 1010. The molecular weight excluding hydrogens is 386 g/mol. The van der Waals surface area contributed by atoms with E-state index < -0.39 is 23.8 Å². The number of aromatic nitrogens is 3. The second-order valence-corrected chi connectivity index (χ2v) is 8.68. The maximum absolute atomic E-state index is 12.3. The van der Waals surface area contributed by atoms with E-state index in [1.165, 1.54) is 10.9 Å². The predicted molar refractivity (Wildman–Crippen MR) is 106 cm³/mol. The molecule has 4 rings (SSSR count). The molecule has 1 aromatic heterocycles. The highest BCUT2D eigenvalue weighted by Gasteiger charge is 2.45. The Hall–Kier alpha value is -3.41. The zero-order valence-corrected chi connectivity index (χ0v) is 17.2. The summed E-state index contributed by atoms with van der Waals surface area (Å²) in [6, 6.07) is 9.85. The van der Waals surface area contributed by atoms with Crippen LogP contribution >= 0.6 is 0 Å². The second-order valence-electron chi connectivity index (χ2n) is 8.68. The van der Waals surface area contributed by atoms with Gasteiger partial charge in [0.15, 0.2) is 5.69 Å². The molecule has 2 fully saturated rings. The number of hydrogen-bond acceptors (Lipinski definition) is 7. The lowest BCUT2D eigenvalue weighted by molar-refractivity contribution is 0.00625. The van der Waals surface area contributed by atoms with Gasteiger partial charge in [-0.05, 0) is 51.3 Å². The van der Waals surface area contributed by atoms with Gasteiger partial charge in [-0.1, -0.05) is 17.3 Å². The molecular formula is C21H23N5O4. The number of cyclic esters (lactones) is 1. The van der Waals surface area contributed by atoms with Gasteiger partial charge in [0.25, 0.3) is 0 Å². The maximum Gasteiger partial charge on any atom is 0.414 e. The molecule has 1 saturated carbocycles. The van der Waals surface area contributed by atoms with Crippen LogP contribution in [0.15, 0.2) is 30.5 Å². The Morgan fingerprint density at radius 1 is 1.33 bits per heavy atom. The van der Waals surface area contributed by atoms with Gasteiger partial charge in [0.05, 0.1) is 30.8 Å². The summed E-state index contributed by atoms with van der Waals surface area (Å²) in [5.74, 6) is -0.551. The largest absolute Gasteiger partial charge is 0.455 e. The quantitative estimate of drug-likeness (QED) is 0.698. The summed E-state index contributed by atoms with van der Waals surface area (Å²) in [5, 5.41) is 17.1. The summed E-state index contributed by atoms with van der Waals surface area (Å²) in [5.41, 5.74) is 0.826. The molecule has 1 atom stereocenters. The van der Waals surface area contributed by atoms with Crippen molar-refractivity contribution in [3.05, 3.63) is 41.7 Å². The van der Waals surface area contributed by atoms with Crippen LogP contribution in [0.2, 0.25) is 0 Å². The maximum atomic E-state index is 12.3. The zero-order valence-electron chi connectivity index (χ0n) is 17.2. The lowest BCUT2D eigenvalue weighted by atomic mass is 9.97. The summed E-state index contributed by atoms with van der Waals surface area (Å²) in [4.78, 5) is 25.9. The van der Waals surface area contributed by atoms with E-state index in [0.29, 0.717) is 12.2 Å². The number of anilines is 1. The molecule has 9 nitrogen and oxygen atoms in total. The first kappa shape index (κ1) is 19.9. The van der Waals surface area contributed by atoms with Gasteiger partial charge in [-0.15, -0.1) is 5.10 Å². The molecule has 1 aliphatic carbocycles. The van der Waals surface area contributed by atoms with Crippen LogP contribution in [0, 0.1) is 11.3 Å². The molecule has 156 valence electrons.